The Morgan fingerprint density at radius 1 is 1.62 bits per heavy atom. The highest BCUT2D eigenvalue weighted by molar-refractivity contribution is 5.17. The lowest BCUT2D eigenvalue weighted by atomic mass is 10.3. The SMILES string of the molecule is C=C(C)CNCc1ccc(O)cn1. The molecule has 2 N–H and O–H groups in total. The summed E-state index contributed by atoms with van der Waals surface area (Å²) in [5, 5.41) is 12.2. The van der Waals surface area contributed by atoms with E-state index < -0.39 is 0 Å². The Kier molecular flexibility index (Phi) is 3.46. The second-order valence-electron chi connectivity index (χ2n) is 3.07. The molecule has 1 rings (SSSR count). The van der Waals surface area contributed by atoms with Gasteiger partial charge in [-0.3, -0.25) is 4.98 Å². The fourth-order valence-corrected chi connectivity index (χ4v) is 0.925. The van der Waals surface area contributed by atoms with Crippen molar-refractivity contribution in [3.05, 3.63) is 36.2 Å². The van der Waals surface area contributed by atoms with Crippen molar-refractivity contribution in [2.45, 2.75) is 13.5 Å². The Morgan fingerprint density at radius 3 is 2.92 bits per heavy atom. The maximum absolute atomic E-state index is 8.97. The molecule has 0 saturated carbocycles. The summed E-state index contributed by atoms with van der Waals surface area (Å²) in [5.74, 6) is 0.198. The first-order chi connectivity index (χ1) is 6.18. The van der Waals surface area contributed by atoms with Gasteiger partial charge in [0.1, 0.15) is 5.75 Å². The molecule has 0 unspecified atom stereocenters. The Morgan fingerprint density at radius 2 is 2.38 bits per heavy atom. The summed E-state index contributed by atoms with van der Waals surface area (Å²) in [6.45, 7) is 7.24. The van der Waals surface area contributed by atoms with Gasteiger partial charge in [0.05, 0.1) is 11.9 Å². The quantitative estimate of drug-likeness (QED) is 0.686. The van der Waals surface area contributed by atoms with E-state index in [0.717, 1.165) is 17.8 Å². The molecule has 0 radical (unpaired) electrons. The lowest BCUT2D eigenvalue weighted by Gasteiger charge is -2.03. The number of hydrogen-bond donors (Lipinski definition) is 2. The number of aromatic hydroxyl groups is 1. The smallest absolute Gasteiger partial charge is 0.133 e. The van der Waals surface area contributed by atoms with E-state index in [1.165, 1.54) is 6.20 Å². The molecule has 0 bridgehead atoms. The second kappa shape index (κ2) is 4.62. The molecule has 0 saturated heterocycles. The molecule has 0 spiro atoms. The lowest BCUT2D eigenvalue weighted by Crippen LogP contribution is -2.15. The zero-order valence-corrected chi connectivity index (χ0v) is 7.75. The molecule has 13 heavy (non-hydrogen) atoms. The average molecular weight is 178 g/mol. The fraction of sp³-hybridized carbons (Fsp3) is 0.300. The Bertz CT molecular complexity index is 279. The van der Waals surface area contributed by atoms with E-state index in [1.54, 1.807) is 12.1 Å². The number of nitrogens with one attached hydrogen (secondary N) is 1. The third kappa shape index (κ3) is 3.71. The summed E-state index contributed by atoms with van der Waals surface area (Å²) in [6.07, 6.45) is 1.44. The molecule has 1 heterocycles. The molecule has 0 aliphatic heterocycles. The normalized spacial score (nSPS) is 9.92. The molecule has 70 valence electrons. The third-order valence-corrected chi connectivity index (χ3v) is 1.54. The predicted octanol–water partition coefficient (Wildman–Crippen LogP) is 1.45. The van der Waals surface area contributed by atoms with E-state index in [2.05, 4.69) is 16.9 Å². The van der Waals surface area contributed by atoms with Gasteiger partial charge in [-0.1, -0.05) is 12.2 Å². The monoisotopic (exact) mass is 178 g/mol. The van der Waals surface area contributed by atoms with Crippen LogP contribution in [0.3, 0.4) is 0 Å². The topological polar surface area (TPSA) is 45.1 Å². The minimum Gasteiger partial charge on any atom is -0.506 e. The van der Waals surface area contributed by atoms with Crippen LogP contribution in [-0.4, -0.2) is 16.6 Å². The zero-order valence-electron chi connectivity index (χ0n) is 7.75. The van der Waals surface area contributed by atoms with E-state index in [0.29, 0.717) is 6.54 Å². The first kappa shape index (κ1) is 9.74. The van der Waals surface area contributed by atoms with E-state index in [-0.39, 0.29) is 5.75 Å². The van der Waals surface area contributed by atoms with Gasteiger partial charge in [0.2, 0.25) is 0 Å². The maximum atomic E-state index is 8.97. The standard InChI is InChI=1S/C10H14N2O/c1-8(2)5-11-6-9-3-4-10(13)7-12-9/h3-4,7,11,13H,1,5-6H2,2H3. The van der Waals surface area contributed by atoms with Crippen LogP contribution in [0.15, 0.2) is 30.5 Å². The number of nitrogens with zero attached hydrogens (tertiary/aromatic N) is 1. The van der Waals surface area contributed by atoms with Crippen LogP contribution in [0.4, 0.5) is 0 Å². The largest absolute Gasteiger partial charge is 0.506 e. The molecule has 0 aromatic carbocycles. The highest BCUT2D eigenvalue weighted by Gasteiger charge is 1.93. The number of hydrogen-bond acceptors (Lipinski definition) is 3. The fourth-order valence-electron chi connectivity index (χ4n) is 0.925. The van der Waals surface area contributed by atoms with Crippen molar-refractivity contribution in [3.63, 3.8) is 0 Å². The van der Waals surface area contributed by atoms with Crippen molar-refractivity contribution in [3.8, 4) is 5.75 Å². The van der Waals surface area contributed by atoms with Crippen LogP contribution in [-0.2, 0) is 6.54 Å². The lowest BCUT2D eigenvalue weighted by molar-refractivity contribution is 0.472. The maximum Gasteiger partial charge on any atom is 0.133 e. The molecule has 0 fully saturated rings. The van der Waals surface area contributed by atoms with Gasteiger partial charge in [-0.05, 0) is 19.1 Å². The van der Waals surface area contributed by atoms with E-state index >= 15 is 0 Å². The summed E-state index contributed by atoms with van der Waals surface area (Å²) in [4.78, 5) is 4.03. The van der Waals surface area contributed by atoms with Crippen molar-refractivity contribution in [2.24, 2.45) is 0 Å². The molecule has 3 nitrogen and oxygen atoms in total. The molecular weight excluding hydrogens is 164 g/mol. The van der Waals surface area contributed by atoms with Crippen molar-refractivity contribution in [1.82, 2.24) is 10.3 Å². The van der Waals surface area contributed by atoms with Crippen molar-refractivity contribution < 1.29 is 5.11 Å². The summed E-state index contributed by atoms with van der Waals surface area (Å²) < 4.78 is 0. The van der Waals surface area contributed by atoms with Crippen LogP contribution in [0, 0.1) is 0 Å². The second-order valence-corrected chi connectivity index (χ2v) is 3.07. The number of pyridine rings is 1. The summed E-state index contributed by atoms with van der Waals surface area (Å²) in [6, 6.07) is 3.42. The minimum atomic E-state index is 0.198. The van der Waals surface area contributed by atoms with Gasteiger partial charge in [0.15, 0.2) is 0 Å². The summed E-state index contributed by atoms with van der Waals surface area (Å²) in [7, 11) is 0. The zero-order chi connectivity index (χ0) is 9.68. The molecule has 3 heteroatoms. The minimum absolute atomic E-state index is 0.198. The van der Waals surface area contributed by atoms with Gasteiger partial charge in [-0.15, -0.1) is 0 Å². The first-order valence-corrected chi connectivity index (χ1v) is 4.17. The van der Waals surface area contributed by atoms with Crippen molar-refractivity contribution in [2.75, 3.05) is 6.54 Å². The highest BCUT2D eigenvalue weighted by Crippen LogP contribution is 2.05. The van der Waals surface area contributed by atoms with Crippen molar-refractivity contribution in [1.29, 1.82) is 0 Å². The van der Waals surface area contributed by atoms with Crippen LogP contribution >= 0.6 is 0 Å². The average Bonchev–Trinajstić information content (AvgIpc) is 2.08. The van der Waals surface area contributed by atoms with Gasteiger partial charge >= 0.3 is 0 Å². The third-order valence-electron chi connectivity index (χ3n) is 1.54. The predicted molar refractivity (Wildman–Crippen MR) is 52.4 cm³/mol. The number of aromatic nitrogens is 1. The van der Waals surface area contributed by atoms with Gasteiger partial charge in [-0.2, -0.15) is 0 Å². The molecule has 1 aromatic rings. The molecule has 1 aromatic heterocycles. The van der Waals surface area contributed by atoms with Crippen molar-refractivity contribution >= 4 is 0 Å². The van der Waals surface area contributed by atoms with Gasteiger partial charge in [0, 0.05) is 13.1 Å². The first-order valence-electron chi connectivity index (χ1n) is 4.17. The molecule has 0 aliphatic carbocycles. The van der Waals surface area contributed by atoms with Crippen LogP contribution in [0.5, 0.6) is 5.75 Å². The molecular formula is C10H14N2O. The molecule has 0 atom stereocenters. The van der Waals surface area contributed by atoms with Crippen LogP contribution in [0.25, 0.3) is 0 Å². The molecule has 0 amide bonds. The summed E-state index contributed by atoms with van der Waals surface area (Å²) in [5.41, 5.74) is 2.01. The van der Waals surface area contributed by atoms with Gasteiger partial charge in [-0.25, -0.2) is 0 Å². The highest BCUT2D eigenvalue weighted by atomic mass is 16.3. The van der Waals surface area contributed by atoms with Crippen LogP contribution in [0.1, 0.15) is 12.6 Å². The van der Waals surface area contributed by atoms with E-state index in [4.69, 9.17) is 5.11 Å². The van der Waals surface area contributed by atoms with Crippen LogP contribution in [0.2, 0.25) is 0 Å². The number of rotatable bonds is 4. The van der Waals surface area contributed by atoms with Gasteiger partial charge in [0.25, 0.3) is 0 Å². The Balaban J connectivity index is 2.37. The molecule has 0 aliphatic rings. The van der Waals surface area contributed by atoms with E-state index in [9.17, 15) is 0 Å². The van der Waals surface area contributed by atoms with Crippen LogP contribution < -0.4 is 5.32 Å². The summed E-state index contributed by atoms with van der Waals surface area (Å²) >= 11 is 0. The van der Waals surface area contributed by atoms with Gasteiger partial charge < -0.3 is 10.4 Å². The Hall–Kier alpha value is -1.35. The van der Waals surface area contributed by atoms with E-state index in [1.807, 2.05) is 6.92 Å². The Labute approximate surface area is 78.1 Å².